The average molecular weight is 202 g/mol. The third-order valence-corrected chi connectivity index (χ3v) is 1.71. The van der Waals surface area contributed by atoms with Gasteiger partial charge in [0.15, 0.2) is 0 Å². The Morgan fingerprint density at radius 2 is 1.85 bits per heavy atom. The number of imide groups is 1. The Bertz CT molecular complexity index is 392. The molecule has 1 aromatic carbocycles. The second-order valence-corrected chi connectivity index (χ2v) is 2.45. The van der Waals surface area contributed by atoms with Crippen LogP contribution in [0.25, 0.3) is 0 Å². The Balaban J connectivity index is 0.000000845. The number of hydrogen-bond acceptors (Lipinski definition) is 2. The van der Waals surface area contributed by atoms with Crippen molar-refractivity contribution in [2.75, 3.05) is 0 Å². The molecule has 68 valence electrons. The molecule has 0 aliphatic carbocycles. The number of halogens is 2. The number of carbonyl (C=O) groups excluding carboxylic acids is 2. The zero-order chi connectivity index (χ0) is 8.72. The molecule has 0 aromatic heterocycles. The van der Waals surface area contributed by atoms with E-state index in [1.54, 1.807) is 0 Å². The van der Waals surface area contributed by atoms with Gasteiger partial charge >= 0.3 is 0 Å². The van der Waals surface area contributed by atoms with Gasteiger partial charge in [-0.15, -0.1) is 12.4 Å². The summed E-state index contributed by atoms with van der Waals surface area (Å²) < 4.78 is 12.9. The molecule has 0 atom stereocenters. The van der Waals surface area contributed by atoms with Crippen molar-refractivity contribution < 1.29 is 14.0 Å². The fraction of sp³-hybridized carbons (Fsp3) is 0. The van der Waals surface area contributed by atoms with Crippen LogP contribution < -0.4 is 5.32 Å². The van der Waals surface area contributed by atoms with E-state index in [9.17, 15) is 14.0 Å². The lowest BCUT2D eigenvalue weighted by Crippen LogP contribution is -2.20. The predicted octanol–water partition coefficient (Wildman–Crippen LogP) is 1.13. The van der Waals surface area contributed by atoms with Crippen LogP contribution in [0.3, 0.4) is 0 Å². The fourth-order valence-corrected chi connectivity index (χ4v) is 1.18. The van der Waals surface area contributed by atoms with Crippen LogP contribution >= 0.6 is 12.4 Å². The van der Waals surface area contributed by atoms with E-state index < -0.39 is 17.6 Å². The summed E-state index contributed by atoms with van der Waals surface area (Å²) in [6, 6.07) is 3.96. The predicted molar refractivity (Wildman–Crippen MR) is 45.4 cm³/mol. The first-order valence-electron chi connectivity index (χ1n) is 3.34. The number of nitrogens with one attached hydrogen (secondary N) is 1. The lowest BCUT2D eigenvalue weighted by atomic mass is 10.1. The van der Waals surface area contributed by atoms with Gasteiger partial charge in [0.25, 0.3) is 11.8 Å². The number of benzene rings is 1. The number of amides is 2. The van der Waals surface area contributed by atoms with Crippen LogP contribution in [0.4, 0.5) is 4.39 Å². The molecule has 0 unspecified atom stereocenters. The molecular weight excluding hydrogens is 197 g/mol. The van der Waals surface area contributed by atoms with E-state index in [-0.39, 0.29) is 23.5 Å². The molecule has 0 radical (unpaired) electrons. The zero-order valence-corrected chi connectivity index (χ0v) is 7.15. The maximum Gasteiger partial charge on any atom is 0.261 e. The maximum atomic E-state index is 12.9. The van der Waals surface area contributed by atoms with Crippen LogP contribution in [-0.2, 0) is 0 Å². The van der Waals surface area contributed by atoms with Crippen LogP contribution in [0.1, 0.15) is 20.7 Å². The number of carbonyl (C=O) groups is 2. The highest BCUT2D eigenvalue weighted by atomic mass is 35.5. The standard InChI is InChI=1S/C8H4FNO2.ClH/c9-5-3-1-2-4-6(5)8(12)10-7(4)11;/h1-3H,(H,10,11,12);1H. The van der Waals surface area contributed by atoms with Crippen LogP contribution in [0.15, 0.2) is 18.2 Å². The van der Waals surface area contributed by atoms with E-state index in [2.05, 4.69) is 0 Å². The van der Waals surface area contributed by atoms with Crippen LogP contribution in [-0.4, -0.2) is 11.8 Å². The first kappa shape index (κ1) is 9.67. The van der Waals surface area contributed by atoms with Crippen LogP contribution in [0.2, 0.25) is 0 Å². The van der Waals surface area contributed by atoms with Gasteiger partial charge in [-0.3, -0.25) is 14.9 Å². The molecule has 0 saturated carbocycles. The molecule has 1 N–H and O–H groups in total. The first-order chi connectivity index (χ1) is 5.70. The van der Waals surface area contributed by atoms with Gasteiger partial charge in [0.2, 0.25) is 0 Å². The monoisotopic (exact) mass is 201 g/mol. The molecule has 2 rings (SSSR count). The third kappa shape index (κ3) is 1.29. The summed E-state index contributed by atoms with van der Waals surface area (Å²) in [5, 5.41) is 2.01. The Morgan fingerprint density at radius 1 is 1.15 bits per heavy atom. The van der Waals surface area contributed by atoms with Gasteiger partial charge in [-0.05, 0) is 12.1 Å². The van der Waals surface area contributed by atoms with Crippen molar-refractivity contribution in [1.82, 2.24) is 5.32 Å². The summed E-state index contributed by atoms with van der Waals surface area (Å²) in [4.78, 5) is 21.9. The highest BCUT2D eigenvalue weighted by Crippen LogP contribution is 2.17. The molecule has 0 fully saturated rings. The maximum absolute atomic E-state index is 12.9. The van der Waals surface area contributed by atoms with Gasteiger partial charge in [-0.1, -0.05) is 6.07 Å². The molecule has 0 bridgehead atoms. The summed E-state index contributed by atoms with van der Waals surface area (Å²) in [5.74, 6) is -1.85. The average Bonchev–Trinajstić information content (AvgIpc) is 2.29. The number of fused-ring (bicyclic) bond motifs is 1. The van der Waals surface area contributed by atoms with Gasteiger partial charge < -0.3 is 0 Å². The molecule has 2 amide bonds. The molecule has 1 heterocycles. The van der Waals surface area contributed by atoms with E-state index >= 15 is 0 Å². The molecule has 3 nitrogen and oxygen atoms in total. The Hall–Kier alpha value is -1.42. The van der Waals surface area contributed by atoms with E-state index in [1.807, 2.05) is 5.32 Å². The largest absolute Gasteiger partial charge is 0.288 e. The van der Waals surface area contributed by atoms with E-state index in [4.69, 9.17) is 0 Å². The highest BCUT2D eigenvalue weighted by molar-refractivity contribution is 6.21. The number of rotatable bonds is 0. The van der Waals surface area contributed by atoms with Crippen LogP contribution in [0, 0.1) is 5.82 Å². The second kappa shape index (κ2) is 3.14. The van der Waals surface area contributed by atoms with Gasteiger partial charge in [0.1, 0.15) is 5.82 Å². The zero-order valence-electron chi connectivity index (χ0n) is 6.33. The van der Waals surface area contributed by atoms with E-state index in [0.29, 0.717) is 0 Å². The van der Waals surface area contributed by atoms with E-state index in [1.165, 1.54) is 12.1 Å². The summed E-state index contributed by atoms with van der Waals surface area (Å²) in [6.45, 7) is 0. The van der Waals surface area contributed by atoms with Crippen molar-refractivity contribution in [3.63, 3.8) is 0 Å². The lowest BCUT2D eigenvalue weighted by molar-refractivity contribution is 0.0878. The van der Waals surface area contributed by atoms with Crippen molar-refractivity contribution >= 4 is 24.2 Å². The minimum Gasteiger partial charge on any atom is -0.288 e. The van der Waals surface area contributed by atoms with E-state index in [0.717, 1.165) is 6.07 Å². The van der Waals surface area contributed by atoms with Crippen molar-refractivity contribution in [3.05, 3.63) is 35.1 Å². The van der Waals surface area contributed by atoms with Gasteiger partial charge in [0.05, 0.1) is 11.1 Å². The summed E-state index contributed by atoms with van der Waals surface area (Å²) in [5.41, 5.74) is -0.0394. The molecule has 0 spiro atoms. The van der Waals surface area contributed by atoms with Crippen LogP contribution in [0.5, 0.6) is 0 Å². The Labute approximate surface area is 79.3 Å². The van der Waals surface area contributed by atoms with Crippen molar-refractivity contribution in [2.45, 2.75) is 0 Å². The quantitative estimate of drug-likeness (QED) is 0.640. The topological polar surface area (TPSA) is 46.2 Å². The lowest BCUT2D eigenvalue weighted by Gasteiger charge is -1.93. The highest BCUT2D eigenvalue weighted by Gasteiger charge is 2.29. The smallest absolute Gasteiger partial charge is 0.261 e. The molecular formula is C8H5ClFNO2. The minimum atomic E-state index is -0.659. The normalized spacial score (nSPS) is 13.3. The molecule has 13 heavy (non-hydrogen) atoms. The van der Waals surface area contributed by atoms with Crippen molar-refractivity contribution in [3.8, 4) is 0 Å². The Morgan fingerprint density at radius 3 is 2.46 bits per heavy atom. The van der Waals surface area contributed by atoms with Crippen molar-refractivity contribution in [2.24, 2.45) is 0 Å². The summed E-state index contributed by atoms with van der Waals surface area (Å²) in [7, 11) is 0. The third-order valence-electron chi connectivity index (χ3n) is 1.71. The van der Waals surface area contributed by atoms with Gasteiger partial charge in [-0.25, -0.2) is 4.39 Å². The van der Waals surface area contributed by atoms with Gasteiger partial charge in [0, 0.05) is 0 Å². The summed E-state index contributed by atoms with van der Waals surface area (Å²) >= 11 is 0. The summed E-state index contributed by atoms with van der Waals surface area (Å²) in [6.07, 6.45) is 0. The Kier molecular flexibility index (Phi) is 2.34. The molecule has 1 aliphatic rings. The molecule has 1 aromatic rings. The molecule has 0 saturated heterocycles. The first-order valence-corrected chi connectivity index (χ1v) is 3.34. The second-order valence-electron chi connectivity index (χ2n) is 2.45. The SMILES string of the molecule is Cl.O=C1NC(=O)c2c(F)cccc21. The fourth-order valence-electron chi connectivity index (χ4n) is 1.18. The molecule has 5 heteroatoms. The molecule has 1 aliphatic heterocycles. The van der Waals surface area contributed by atoms with Crippen molar-refractivity contribution in [1.29, 1.82) is 0 Å². The minimum absolute atomic E-state index is 0. The van der Waals surface area contributed by atoms with Gasteiger partial charge in [-0.2, -0.15) is 0 Å². The number of hydrogen-bond donors (Lipinski definition) is 1.